The number of benzene rings is 1. The highest BCUT2D eigenvalue weighted by atomic mass is 32.2. The third-order valence-corrected chi connectivity index (χ3v) is 5.73. The zero-order valence-electron chi connectivity index (χ0n) is 12.1. The molecule has 23 heavy (non-hydrogen) atoms. The van der Waals surface area contributed by atoms with E-state index >= 15 is 0 Å². The molecule has 1 amide bonds. The van der Waals surface area contributed by atoms with E-state index in [0.717, 1.165) is 15.2 Å². The van der Waals surface area contributed by atoms with Gasteiger partial charge in [0, 0.05) is 16.0 Å². The first kappa shape index (κ1) is 14.5. The summed E-state index contributed by atoms with van der Waals surface area (Å²) in [5.74, 6) is 0.682. The van der Waals surface area contributed by atoms with Gasteiger partial charge >= 0.3 is 6.09 Å². The summed E-state index contributed by atoms with van der Waals surface area (Å²) in [4.78, 5) is 22.0. The fourth-order valence-electron chi connectivity index (χ4n) is 2.39. The van der Waals surface area contributed by atoms with Crippen LogP contribution in [0.25, 0.3) is 20.7 Å². The number of nitrogens with zero attached hydrogens (tertiary/aromatic N) is 2. The lowest BCUT2D eigenvalue weighted by atomic mass is 10.2. The van der Waals surface area contributed by atoms with Crippen LogP contribution in [0.15, 0.2) is 47.8 Å². The quantitative estimate of drug-likeness (QED) is 0.580. The lowest BCUT2D eigenvalue weighted by molar-refractivity contribution is 0.150. The predicted molar refractivity (Wildman–Crippen MR) is 91.8 cm³/mol. The number of aromatic nitrogens is 2. The van der Waals surface area contributed by atoms with Crippen molar-refractivity contribution in [3.8, 4) is 10.4 Å². The second-order valence-corrected chi connectivity index (χ2v) is 7.13. The van der Waals surface area contributed by atoms with Gasteiger partial charge in [-0.05, 0) is 11.6 Å². The van der Waals surface area contributed by atoms with Crippen LogP contribution in [0.2, 0.25) is 0 Å². The summed E-state index contributed by atoms with van der Waals surface area (Å²) < 4.78 is 5.16. The first-order valence-corrected chi connectivity index (χ1v) is 8.97. The Balaban J connectivity index is 1.60. The SMILES string of the molecule is O=C1NC[C@H](CSc2ncnc3sc(-c4ccccc4)cc23)O1. The Labute approximate surface area is 141 Å². The number of alkyl carbamates (subject to hydrolysis) is 1. The number of hydrogen-bond donors (Lipinski definition) is 1. The van der Waals surface area contributed by atoms with Crippen LogP contribution in [0.4, 0.5) is 4.79 Å². The number of hydrogen-bond acceptors (Lipinski definition) is 6. The molecule has 1 aliphatic rings. The maximum atomic E-state index is 11.1. The van der Waals surface area contributed by atoms with Gasteiger partial charge in [0.25, 0.3) is 0 Å². The summed E-state index contributed by atoms with van der Waals surface area (Å²) in [7, 11) is 0. The average Bonchev–Trinajstić information content (AvgIpc) is 3.20. The van der Waals surface area contributed by atoms with E-state index in [2.05, 4.69) is 33.5 Å². The summed E-state index contributed by atoms with van der Waals surface area (Å²) in [5.41, 5.74) is 1.18. The number of cyclic esters (lactones) is 1. The number of rotatable bonds is 4. The number of amides is 1. The molecule has 7 heteroatoms. The molecule has 3 aromatic rings. The van der Waals surface area contributed by atoms with E-state index < -0.39 is 0 Å². The largest absolute Gasteiger partial charge is 0.443 e. The summed E-state index contributed by atoms with van der Waals surface area (Å²) in [6, 6.07) is 12.4. The molecule has 1 aliphatic heterocycles. The van der Waals surface area contributed by atoms with Crippen molar-refractivity contribution in [2.24, 2.45) is 0 Å². The first-order valence-electron chi connectivity index (χ1n) is 7.17. The number of fused-ring (bicyclic) bond motifs is 1. The Morgan fingerprint density at radius 2 is 2.17 bits per heavy atom. The van der Waals surface area contributed by atoms with Crippen molar-refractivity contribution in [3.05, 3.63) is 42.7 Å². The van der Waals surface area contributed by atoms with Crippen molar-refractivity contribution >= 4 is 39.4 Å². The van der Waals surface area contributed by atoms with Crippen LogP contribution in [0.1, 0.15) is 0 Å². The van der Waals surface area contributed by atoms with Gasteiger partial charge in [-0.1, -0.05) is 30.3 Å². The van der Waals surface area contributed by atoms with Crippen molar-refractivity contribution < 1.29 is 9.53 Å². The molecule has 1 aromatic carbocycles. The van der Waals surface area contributed by atoms with Gasteiger partial charge < -0.3 is 10.1 Å². The number of thioether (sulfide) groups is 1. The molecule has 1 fully saturated rings. The van der Waals surface area contributed by atoms with Crippen molar-refractivity contribution in [2.75, 3.05) is 12.3 Å². The van der Waals surface area contributed by atoms with Crippen molar-refractivity contribution in [1.29, 1.82) is 0 Å². The van der Waals surface area contributed by atoms with Gasteiger partial charge in [-0.15, -0.1) is 23.1 Å². The molecule has 4 rings (SSSR count). The monoisotopic (exact) mass is 343 g/mol. The molecule has 1 saturated heterocycles. The van der Waals surface area contributed by atoms with Crippen LogP contribution < -0.4 is 5.32 Å². The predicted octanol–water partition coefficient (Wildman–Crippen LogP) is 3.56. The van der Waals surface area contributed by atoms with Gasteiger partial charge in [0.05, 0.1) is 6.54 Å². The number of ether oxygens (including phenoxy) is 1. The molecule has 0 bridgehead atoms. The van der Waals surface area contributed by atoms with Crippen molar-refractivity contribution in [1.82, 2.24) is 15.3 Å². The van der Waals surface area contributed by atoms with Gasteiger partial charge in [-0.25, -0.2) is 14.8 Å². The minimum atomic E-state index is -0.342. The van der Waals surface area contributed by atoms with Crippen molar-refractivity contribution in [3.63, 3.8) is 0 Å². The normalized spacial score (nSPS) is 17.2. The van der Waals surface area contributed by atoms with E-state index in [4.69, 9.17) is 4.74 Å². The van der Waals surface area contributed by atoms with E-state index in [1.165, 1.54) is 10.4 Å². The Morgan fingerprint density at radius 3 is 2.96 bits per heavy atom. The lowest BCUT2D eigenvalue weighted by Crippen LogP contribution is -2.16. The fourth-order valence-corrected chi connectivity index (χ4v) is 4.42. The molecule has 116 valence electrons. The molecule has 0 radical (unpaired) electrons. The van der Waals surface area contributed by atoms with E-state index in [-0.39, 0.29) is 12.2 Å². The Bertz CT molecular complexity index is 851. The molecule has 1 atom stereocenters. The van der Waals surface area contributed by atoms with Crippen LogP contribution in [0, 0.1) is 0 Å². The van der Waals surface area contributed by atoms with Gasteiger partial charge in [0.2, 0.25) is 0 Å². The second-order valence-electron chi connectivity index (χ2n) is 5.09. The van der Waals surface area contributed by atoms with E-state index in [9.17, 15) is 4.79 Å². The minimum Gasteiger partial charge on any atom is -0.443 e. The second kappa shape index (κ2) is 6.17. The molecular formula is C16H13N3O2S2. The molecule has 0 unspecified atom stereocenters. The zero-order valence-corrected chi connectivity index (χ0v) is 13.7. The topological polar surface area (TPSA) is 64.1 Å². The average molecular weight is 343 g/mol. The fraction of sp³-hybridized carbons (Fsp3) is 0.188. The number of carbonyl (C=O) groups excluding carboxylic acids is 1. The lowest BCUT2D eigenvalue weighted by Gasteiger charge is -2.06. The molecule has 1 N–H and O–H groups in total. The summed E-state index contributed by atoms with van der Waals surface area (Å²) >= 11 is 3.26. The van der Waals surface area contributed by atoms with Gasteiger partial charge in [-0.3, -0.25) is 0 Å². The third-order valence-electron chi connectivity index (χ3n) is 3.50. The van der Waals surface area contributed by atoms with Crippen LogP contribution in [-0.4, -0.2) is 34.5 Å². The zero-order chi connectivity index (χ0) is 15.6. The van der Waals surface area contributed by atoms with Gasteiger partial charge in [-0.2, -0.15) is 0 Å². The highest BCUT2D eigenvalue weighted by Gasteiger charge is 2.23. The summed E-state index contributed by atoms with van der Waals surface area (Å²) in [5, 5.41) is 4.64. The van der Waals surface area contributed by atoms with Gasteiger partial charge in [0.1, 0.15) is 22.3 Å². The number of carbonyl (C=O) groups is 1. The Morgan fingerprint density at radius 1 is 1.30 bits per heavy atom. The van der Waals surface area contributed by atoms with Crippen LogP contribution in [0.5, 0.6) is 0 Å². The number of nitrogens with one attached hydrogen (secondary N) is 1. The maximum Gasteiger partial charge on any atom is 0.407 e. The molecule has 5 nitrogen and oxygen atoms in total. The van der Waals surface area contributed by atoms with Crippen LogP contribution in [0.3, 0.4) is 0 Å². The highest BCUT2D eigenvalue weighted by molar-refractivity contribution is 7.99. The Kier molecular flexibility index (Phi) is 3.88. The van der Waals surface area contributed by atoms with E-state index in [0.29, 0.717) is 12.3 Å². The van der Waals surface area contributed by atoms with Crippen molar-refractivity contribution in [2.45, 2.75) is 11.1 Å². The minimum absolute atomic E-state index is 0.107. The maximum absolute atomic E-state index is 11.1. The third kappa shape index (κ3) is 3.02. The first-order chi connectivity index (χ1) is 11.3. The molecule has 0 saturated carbocycles. The number of thiophene rings is 1. The summed E-state index contributed by atoms with van der Waals surface area (Å²) in [6.45, 7) is 0.555. The van der Waals surface area contributed by atoms with E-state index in [1.54, 1.807) is 29.4 Å². The molecule has 0 aliphatic carbocycles. The Hall–Kier alpha value is -2.12. The molecule has 3 heterocycles. The highest BCUT2D eigenvalue weighted by Crippen LogP contribution is 2.36. The van der Waals surface area contributed by atoms with Crippen LogP contribution >= 0.6 is 23.1 Å². The van der Waals surface area contributed by atoms with Gasteiger partial charge in [0.15, 0.2) is 0 Å². The molecule has 2 aromatic heterocycles. The smallest absolute Gasteiger partial charge is 0.407 e. The van der Waals surface area contributed by atoms with E-state index in [1.807, 2.05) is 18.2 Å². The summed E-state index contributed by atoms with van der Waals surface area (Å²) in [6.07, 6.45) is 1.14. The van der Waals surface area contributed by atoms with Crippen LogP contribution in [-0.2, 0) is 4.74 Å². The molecular weight excluding hydrogens is 330 g/mol. The standard InChI is InChI=1S/C16H13N3O2S2/c20-16-17-7-11(21-16)8-22-14-12-6-13(10-4-2-1-3-5-10)23-15(12)19-9-18-14/h1-6,9,11H,7-8H2,(H,17,20)/t11-/m1/s1. The molecule has 0 spiro atoms.